The maximum Gasteiger partial charge on any atom is 0.119 e. The smallest absolute Gasteiger partial charge is 0.119 e. The number of benzene rings is 2. The van der Waals surface area contributed by atoms with Gasteiger partial charge in [-0.1, -0.05) is 18.2 Å². The number of nitrogens with one attached hydrogen (secondary N) is 1. The molecule has 1 heterocycles. The van der Waals surface area contributed by atoms with Crippen LogP contribution < -0.4 is 10.2 Å². The summed E-state index contributed by atoms with van der Waals surface area (Å²) in [6.07, 6.45) is 0. The molecule has 0 bridgehead atoms. The molecular formula is C18H20N2O. The van der Waals surface area contributed by atoms with E-state index in [1.165, 1.54) is 27.7 Å². The molecule has 2 aromatic carbocycles. The Bertz CT molecular complexity index is 754. The molecule has 0 radical (unpaired) electrons. The number of fused-ring (bicyclic) bond motifs is 1. The van der Waals surface area contributed by atoms with Crippen molar-refractivity contribution < 1.29 is 4.74 Å². The molecule has 0 unspecified atom stereocenters. The van der Waals surface area contributed by atoms with Crippen molar-refractivity contribution in [3.63, 3.8) is 0 Å². The molecule has 3 rings (SSSR count). The zero-order valence-corrected chi connectivity index (χ0v) is 12.7. The van der Waals surface area contributed by atoms with Gasteiger partial charge >= 0.3 is 0 Å². The number of aryl methyl sites for hydroxylation is 2. The summed E-state index contributed by atoms with van der Waals surface area (Å²) in [5, 5.41) is 2.43. The lowest BCUT2D eigenvalue weighted by Gasteiger charge is -2.13. The molecule has 0 fully saturated rings. The van der Waals surface area contributed by atoms with Gasteiger partial charge in [0.25, 0.3) is 0 Å². The molecular weight excluding hydrogens is 260 g/mol. The molecule has 3 nitrogen and oxygen atoms in total. The van der Waals surface area contributed by atoms with Crippen LogP contribution in [0.4, 0.5) is 0 Å². The highest BCUT2D eigenvalue weighted by molar-refractivity contribution is 5.84. The Morgan fingerprint density at radius 2 is 1.57 bits per heavy atom. The molecule has 3 aromatic rings. The van der Waals surface area contributed by atoms with E-state index in [1.54, 1.807) is 7.11 Å². The second-order valence-electron chi connectivity index (χ2n) is 5.33. The first-order valence-corrected chi connectivity index (χ1v) is 7.13. The first-order valence-electron chi connectivity index (χ1n) is 7.13. The highest BCUT2D eigenvalue weighted by atomic mass is 16.5. The van der Waals surface area contributed by atoms with Crippen LogP contribution in [-0.4, -0.2) is 11.8 Å². The molecule has 3 heteroatoms. The van der Waals surface area contributed by atoms with Crippen LogP contribution in [0.15, 0.2) is 48.5 Å². The molecule has 0 saturated heterocycles. The minimum atomic E-state index is 0.804. The molecule has 0 saturated carbocycles. The lowest BCUT2D eigenvalue weighted by molar-refractivity contribution is 0.415. The summed E-state index contributed by atoms with van der Waals surface area (Å²) in [4.78, 5) is 0. The molecule has 1 N–H and O–H groups in total. The summed E-state index contributed by atoms with van der Waals surface area (Å²) in [7, 11) is 1.70. The molecule has 0 spiro atoms. The third kappa shape index (κ3) is 2.72. The highest BCUT2D eigenvalue weighted by Gasteiger charge is 2.02. The Morgan fingerprint density at radius 1 is 0.905 bits per heavy atom. The summed E-state index contributed by atoms with van der Waals surface area (Å²) in [5.74, 6) is 0.895. The lowest BCUT2D eigenvalue weighted by atomic mass is 10.1. The highest BCUT2D eigenvalue weighted by Crippen LogP contribution is 2.22. The van der Waals surface area contributed by atoms with Crippen molar-refractivity contribution in [2.45, 2.75) is 20.4 Å². The van der Waals surface area contributed by atoms with Crippen molar-refractivity contribution in [1.82, 2.24) is 4.68 Å². The lowest BCUT2D eigenvalue weighted by Crippen LogP contribution is -2.16. The molecule has 0 aliphatic heterocycles. The first kappa shape index (κ1) is 13.6. The summed E-state index contributed by atoms with van der Waals surface area (Å²) in [6, 6.07) is 16.9. The topological polar surface area (TPSA) is 26.2 Å². The SMILES string of the molecule is COc1ccc2cc(CNn3c(C)ccc3C)ccc2c1. The molecule has 0 atom stereocenters. The average molecular weight is 280 g/mol. The minimum Gasteiger partial charge on any atom is -0.497 e. The van der Waals surface area contributed by atoms with E-state index in [1.807, 2.05) is 6.07 Å². The largest absolute Gasteiger partial charge is 0.497 e. The fourth-order valence-corrected chi connectivity index (χ4v) is 2.60. The van der Waals surface area contributed by atoms with Crippen LogP contribution in [0, 0.1) is 13.8 Å². The average Bonchev–Trinajstić information content (AvgIpc) is 2.83. The second kappa shape index (κ2) is 5.52. The fourth-order valence-electron chi connectivity index (χ4n) is 2.60. The Hall–Kier alpha value is -2.42. The Labute approximate surface area is 125 Å². The van der Waals surface area contributed by atoms with Crippen LogP contribution >= 0.6 is 0 Å². The van der Waals surface area contributed by atoms with Crippen LogP contribution in [0.1, 0.15) is 17.0 Å². The van der Waals surface area contributed by atoms with Crippen molar-refractivity contribution in [3.05, 3.63) is 65.5 Å². The summed E-state index contributed by atoms with van der Waals surface area (Å²) in [6.45, 7) is 5.01. The van der Waals surface area contributed by atoms with E-state index < -0.39 is 0 Å². The normalized spacial score (nSPS) is 10.8. The van der Waals surface area contributed by atoms with Crippen molar-refractivity contribution in [2.24, 2.45) is 0 Å². The molecule has 0 amide bonds. The zero-order chi connectivity index (χ0) is 14.8. The van der Waals surface area contributed by atoms with E-state index in [0.29, 0.717) is 0 Å². The van der Waals surface area contributed by atoms with Gasteiger partial charge in [0.15, 0.2) is 0 Å². The van der Waals surface area contributed by atoms with E-state index in [9.17, 15) is 0 Å². The summed E-state index contributed by atoms with van der Waals surface area (Å²) >= 11 is 0. The van der Waals surface area contributed by atoms with Crippen molar-refractivity contribution in [1.29, 1.82) is 0 Å². The van der Waals surface area contributed by atoms with Crippen molar-refractivity contribution in [2.75, 3.05) is 12.5 Å². The van der Waals surface area contributed by atoms with Gasteiger partial charge in [-0.3, -0.25) is 4.68 Å². The molecule has 1 aromatic heterocycles. The van der Waals surface area contributed by atoms with Gasteiger partial charge in [-0.15, -0.1) is 0 Å². The van der Waals surface area contributed by atoms with Gasteiger partial charge in [-0.2, -0.15) is 0 Å². The van der Waals surface area contributed by atoms with Crippen LogP contribution in [-0.2, 0) is 6.54 Å². The summed E-state index contributed by atoms with van der Waals surface area (Å²) in [5.41, 5.74) is 7.16. The van der Waals surface area contributed by atoms with Crippen LogP contribution in [0.5, 0.6) is 5.75 Å². The monoisotopic (exact) mass is 280 g/mol. The van der Waals surface area contributed by atoms with Gasteiger partial charge in [0.2, 0.25) is 0 Å². The number of hydrogen-bond acceptors (Lipinski definition) is 2. The Balaban J connectivity index is 1.81. The number of hydrogen-bond donors (Lipinski definition) is 1. The van der Waals surface area contributed by atoms with Gasteiger partial charge in [-0.25, -0.2) is 0 Å². The Morgan fingerprint density at radius 3 is 2.29 bits per heavy atom. The molecule has 0 aliphatic carbocycles. The van der Waals surface area contributed by atoms with Gasteiger partial charge < -0.3 is 10.2 Å². The van der Waals surface area contributed by atoms with Gasteiger partial charge in [0, 0.05) is 11.4 Å². The van der Waals surface area contributed by atoms with Gasteiger partial charge in [0.1, 0.15) is 5.75 Å². The van der Waals surface area contributed by atoms with E-state index in [2.05, 4.69) is 66.4 Å². The van der Waals surface area contributed by atoms with Gasteiger partial charge in [-0.05, 0) is 60.5 Å². The molecule has 21 heavy (non-hydrogen) atoms. The van der Waals surface area contributed by atoms with E-state index in [-0.39, 0.29) is 0 Å². The third-order valence-electron chi connectivity index (χ3n) is 3.82. The van der Waals surface area contributed by atoms with E-state index in [0.717, 1.165) is 12.3 Å². The Kier molecular flexibility index (Phi) is 3.57. The molecule has 108 valence electrons. The number of methoxy groups -OCH3 is 1. The number of ether oxygens (including phenoxy) is 1. The standard InChI is InChI=1S/C18H20N2O/c1-13-4-5-14(2)20(13)19-12-15-6-7-17-11-18(21-3)9-8-16(17)10-15/h4-11,19H,12H2,1-3H3. The molecule has 0 aliphatic rings. The second-order valence-corrected chi connectivity index (χ2v) is 5.33. The predicted octanol–water partition coefficient (Wildman–Crippen LogP) is 4.01. The van der Waals surface area contributed by atoms with E-state index >= 15 is 0 Å². The quantitative estimate of drug-likeness (QED) is 0.781. The van der Waals surface area contributed by atoms with Crippen molar-refractivity contribution in [3.8, 4) is 5.75 Å². The zero-order valence-electron chi connectivity index (χ0n) is 12.7. The fraction of sp³-hybridized carbons (Fsp3) is 0.222. The third-order valence-corrected chi connectivity index (χ3v) is 3.82. The first-order chi connectivity index (χ1) is 10.2. The van der Waals surface area contributed by atoms with Gasteiger partial charge in [0.05, 0.1) is 13.7 Å². The maximum absolute atomic E-state index is 5.26. The number of aromatic nitrogens is 1. The minimum absolute atomic E-state index is 0.804. The van der Waals surface area contributed by atoms with Crippen LogP contribution in [0.2, 0.25) is 0 Å². The van der Waals surface area contributed by atoms with E-state index in [4.69, 9.17) is 4.74 Å². The van der Waals surface area contributed by atoms with Crippen LogP contribution in [0.25, 0.3) is 10.8 Å². The number of nitrogens with zero attached hydrogens (tertiary/aromatic N) is 1. The summed E-state index contributed by atoms with van der Waals surface area (Å²) < 4.78 is 7.38. The van der Waals surface area contributed by atoms with Crippen LogP contribution in [0.3, 0.4) is 0 Å². The predicted molar refractivity (Wildman–Crippen MR) is 87.5 cm³/mol. The maximum atomic E-state index is 5.26. The van der Waals surface area contributed by atoms with Crippen molar-refractivity contribution >= 4 is 10.8 Å². The number of rotatable bonds is 4.